The first-order valence-electron chi connectivity index (χ1n) is 10.6. The lowest BCUT2D eigenvalue weighted by atomic mass is 9.85. The second-order valence-electron chi connectivity index (χ2n) is 8.45. The van der Waals surface area contributed by atoms with Gasteiger partial charge in [-0.15, -0.1) is 0 Å². The molecular formula is C24H22Cl2FN3O. The van der Waals surface area contributed by atoms with Gasteiger partial charge in [0.1, 0.15) is 5.69 Å². The first kappa shape index (κ1) is 20.5. The molecule has 0 saturated heterocycles. The van der Waals surface area contributed by atoms with Gasteiger partial charge in [-0.1, -0.05) is 62.5 Å². The lowest BCUT2D eigenvalue weighted by Gasteiger charge is -2.35. The molecular weight excluding hydrogens is 436 g/mol. The zero-order valence-electron chi connectivity index (χ0n) is 17.5. The number of amides is 1. The highest BCUT2D eigenvalue weighted by Crippen LogP contribution is 2.55. The Morgan fingerprint density at radius 1 is 1.16 bits per heavy atom. The van der Waals surface area contributed by atoms with Crippen molar-refractivity contribution in [2.75, 3.05) is 4.90 Å². The molecule has 0 aliphatic carbocycles. The predicted octanol–water partition coefficient (Wildman–Crippen LogP) is 6.98. The summed E-state index contributed by atoms with van der Waals surface area (Å²) in [6, 6.07) is 8.37. The zero-order chi connectivity index (χ0) is 22.0. The number of carbonyl (C=O) groups excluding carboxylic acids is 1. The van der Waals surface area contributed by atoms with Crippen molar-refractivity contribution in [2.45, 2.75) is 52.1 Å². The van der Waals surface area contributed by atoms with Crippen molar-refractivity contribution in [3.63, 3.8) is 0 Å². The molecule has 0 saturated carbocycles. The molecule has 160 valence electrons. The van der Waals surface area contributed by atoms with Crippen LogP contribution in [0, 0.1) is 5.82 Å². The van der Waals surface area contributed by atoms with Crippen molar-refractivity contribution in [3.05, 3.63) is 68.7 Å². The van der Waals surface area contributed by atoms with Crippen LogP contribution >= 0.6 is 23.2 Å². The van der Waals surface area contributed by atoms with Crippen molar-refractivity contribution in [2.24, 2.45) is 0 Å². The Balaban J connectivity index is 1.85. The van der Waals surface area contributed by atoms with Gasteiger partial charge in [0.15, 0.2) is 5.82 Å². The second-order valence-corrected chi connectivity index (χ2v) is 9.29. The molecule has 0 fully saturated rings. The van der Waals surface area contributed by atoms with E-state index in [1.165, 1.54) is 6.07 Å². The van der Waals surface area contributed by atoms with Gasteiger partial charge in [-0.05, 0) is 41.7 Å². The van der Waals surface area contributed by atoms with Gasteiger partial charge in [0, 0.05) is 22.7 Å². The normalized spacial score (nSPS) is 16.4. The molecule has 3 aromatic rings. The molecule has 1 amide bonds. The number of nitrogens with zero attached hydrogens (tertiary/aromatic N) is 3. The summed E-state index contributed by atoms with van der Waals surface area (Å²) in [4.78, 5) is 15.3. The van der Waals surface area contributed by atoms with Crippen LogP contribution in [-0.2, 0) is 6.54 Å². The van der Waals surface area contributed by atoms with E-state index in [1.54, 1.807) is 21.7 Å². The quantitative estimate of drug-likeness (QED) is 0.423. The molecule has 4 nitrogen and oxygen atoms in total. The Bertz CT molecular complexity index is 1230. The van der Waals surface area contributed by atoms with E-state index in [1.807, 2.05) is 12.1 Å². The highest BCUT2D eigenvalue weighted by molar-refractivity contribution is 6.32. The summed E-state index contributed by atoms with van der Waals surface area (Å²) in [5.74, 6) is -0.719. The summed E-state index contributed by atoms with van der Waals surface area (Å²) in [6.45, 7) is 6.87. The minimum atomic E-state index is -0.581. The second kappa shape index (κ2) is 7.35. The topological polar surface area (TPSA) is 38.1 Å². The largest absolute Gasteiger partial charge is 0.292 e. The van der Waals surface area contributed by atoms with Crippen molar-refractivity contribution >= 4 is 34.8 Å². The molecule has 2 aromatic carbocycles. The van der Waals surface area contributed by atoms with E-state index in [0.29, 0.717) is 22.8 Å². The van der Waals surface area contributed by atoms with Gasteiger partial charge >= 0.3 is 0 Å². The third-order valence-electron chi connectivity index (χ3n) is 6.15. The Kier molecular flexibility index (Phi) is 4.87. The number of halogens is 3. The lowest BCUT2D eigenvalue weighted by molar-refractivity contribution is 0.0982. The summed E-state index contributed by atoms with van der Waals surface area (Å²) >= 11 is 12.5. The number of aryl methyl sites for hydroxylation is 1. The van der Waals surface area contributed by atoms with E-state index in [-0.39, 0.29) is 22.5 Å². The average Bonchev–Trinajstić information content (AvgIpc) is 3.25. The van der Waals surface area contributed by atoms with E-state index in [2.05, 4.69) is 20.8 Å². The zero-order valence-corrected chi connectivity index (χ0v) is 19.1. The maximum Gasteiger partial charge on any atom is 0.277 e. The van der Waals surface area contributed by atoms with Crippen LogP contribution in [0.25, 0.3) is 11.1 Å². The van der Waals surface area contributed by atoms with E-state index in [0.717, 1.165) is 35.2 Å². The van der Waals surface area contributed by atoms with Crippen molar-refractivity contribution in [1.82, 2.24) is 9.78 Å². The third kappa shape index (κ3) is 2.86. The Labute approximate surface area is 190 Å². The molecule has 0 spiro atoms. The van der Waals surface area contributed by atoms with Crippen molar-refractivity contribution < 1.29 is 9.18 Å². The van der Waals surface area contributed by atoms with Gasteiger partial charge in [-0.3, -0.25) is 14.4 Å². The maximum absolute atomic E-state index is 15.4. The first-order chi connectivity index (χ1) is 14.8. The third-order valence-corrected chi connectivity index (χ3v) is 6.68. The Morgan fingerprint density at radius 3 is 2.61 bits per heavy atom. The highest BCUT2D eigenvalue weighted by atomic mass is 35.5. The smallest absolute Gasteiger partial charge is 0.277 e. The number of carbonyl (C=O) groups is 1. The van der Waals surface area contributed by atoms with E-state index < -0.39 is 11.9 Å². The Morgan fingerprint density at radius 2 is 1.90 bits per heavy atom. The number of unbranched alkanes of at least 4 members (excludes halogenated alkanes) is 1. The standard InChI is InChI=1S/C24H22Cl2FN3O/c1-4-5-10-29-23-18(20(28-29)12(2)3)21-16-11-13(25)6-7-14(16)15-8-9-17(26)19(27)22(15)30(21)24(23)31/h6-9,11-12,21H,4-5,10H2,1-3H3/t21-/m0/s1. The SMILES string of the molecule is CCCCn1nc(C(C)C)c2c1C(=O)N1c3c(ccc(Cl)c3F)-c3ccc(Cl)cc3[C@@H]21. The fourth-order valence-corrected chi connectivity index (χ4v) is 5.10. The molecule has 0 N–H and O–H groups in total. The van der Waals surface area contributed by atoms with Gasteiger partial charge in [0.2, 0.25) is 0 Å². The fourth-order valence-electron chi connectivity index (χ4n) is 4.77. The van der Waals surface area contributed by atoms with E-state index >= 15 is 4.39 Å². The minimum absolute atomic E-state index is 0.00429. The number of anilines is 1. The first-order valence-corrected chi connectivity index (χ1v) is 11.3. The molecule has 31 heavy (non-hydrogen) atoms. The predicted molar refractivity (Wildman–Crippen MR) is 122 cm³/mol. The lowest BCUT2D eigenvalue weighted by Crippen LogP contribution is -2.34. The number of benzene rings is 2. The number of fused-ring (bicyclic) bond motifs is 8. The molecule has 2 aliphatic heterocycles. The number of hydrogen-bond donors (Lipinski definition) is 0. The summed E-state index contributed by atoms with van der Waals surface area (Å²) in [5.41, 5.74) is 4.86. The summed E-state index contributed by atoms with van der Waals surface area (Å²) in [5, 5.41) is 5.38. The van der Waals surface area contributed by atoms with Gasteiger partial charge in [-0.25, -0.2) is 4.39 Å². The maximum atomic E-state index is 15.4. The van der Waals surface area contributed by atoms with E-state index in [9.17, 15) is 4.79 Å². The summed E-state index contributed by atoms with van der Waals surface area (Å²) < 4.78 is 17.2. The molecule has 1 aromatic heterocycles. The molecule has 1 atom stereocenters. The monoisotopic (exact) mass is 457 g/mol. The molecule has 2 aliphatic rings. The van der Waals surface area contributed by atoms with Crippen LogP contribution in [0.4, 0.5) is 10.1 Å². The highest BCUT2D eigenvalue weighted by Gasteiger charge is 2.49. The van der Waals surface area contributed by atoms with Gasteiger partial charge in [0.05, 0.1) is 22.4 Å². The molecule has 0 radical (unpaired) electrons. The van der Waals surface area contributed by atoms with Gasteiger partial charge < -0.3 is 0 Å². The van der Waals surface area contributed by atoms with Crippen molar-refractivity contribution in [1.29, 1.82) is 0 Å². The number of hydrogen-bond acceptors (Lipinski definition) is 2. The van der Waals surface area contributed by atoms with E-state index in [4.69, 9.17) is 28.3 Å². The Hall–Kier alpha value is -2.37. The summed E-state index contributed by atoms with van der Waals surface area (Å²) in [6.07, 6.45) is 1.89. The van der Waals surface area contributed by atoms with Crippen LogP contribution in [0.15, 0.2) is 30.3 Å². The van der Waals surface area contributed by atoms with Crippen molar-refractivity contribution in [3.8, 4) is 11.1 Å². The molecule has 0 bridgehead atoms. The molecule has 3 heterocycles. The summed E-state index contributed by atoms with van der Waals surface area (Å²) in [7, 11) is 0. The van der Waals surface area contributed by atoms with Crippen LogP contribution in [0.1, 0.15) is 72.9 Å². The minimum Gasteiger partial charge on any atom is -0.292 e. The van der Waals surface area contributed by atoms with Crippen LogP contribution in [-0.4, -0.2) is 15.7 Å². The van der Waals surface area contributed by atoms with Crippen LogP contribution in [0.5, 0.6) is 0 Å². The molecule has 0 unspecified atom stereocenters. The number of aromatic nitrogens is 2. The van der Waals surface area contributed by atoms with Gasteiger partial charge in [-0.2, -0.15) is 5.10 Å². The van der Waals surface area contributed by atoms with Crippen LogP contribution in [0.3, 0.4) is 0 Å². The molecule has 7 heteroatoms. The number of rotatable bonds is 4. The fraction of sp³-hybridized carbons (Fsp3) is 0.333. The average molecular weight is 458 g/mol. The molecule has 5 rings (SSSR count). The van der Waals surface area contributed by atoms with Crippen LogP contribution in [0.2, 0.25) is 10.0 Å². The van der Waals surface area contributed by atoms with Crippen LogP contribution < -0.4 is 4.90 Å². The van der Waals surface area contributed by atoms with Gasteiger partial charge in [0.25, 0.3) is 5.91 Å².